The van der Waals surface area contributed by atoms with Crippen molar-refractivity contribution in [1.29, 1.82) is 0 Å². The molecule has 0 spiro atoms. The number of aliphatic imine (C=N–C) groups is 1. The minimum absolute atomic E-state index is 0.200. The fourth-order valence-corrected chi connectivity index (χ4v) is 5.26. The van der Waals surface area contributed by atoms with Gasteiger partial charge in [-0.1, -0.05) is 19.3 Å². The zero-order valence-corrected chi connectivity index (χ0v) is 17.2. The van der Waals surface area contributed by atoms with E-state index in [1.54, 1.807) is 20.9 Å². The van der Waals surface area contributed by atoms with Crippen LogP contribution in [0.15, 0.2) is 4.99 Å². The molecule has 1 aliphatic heterocycles. The third-order valence-electron chi connectivity index (χ3n) is 5.72. The normalized spacial score (nSPS) is 24.5. The molecule has 0 aromatic heterocycles. The molecule has 1 saturated heterocycles. The molecule has 0 radical (unpaired) electrons. The molecule has 6 nitrogen and oxygen atoms in total. The highest BCUT2D eigenvalue weighted by Crippen LogP contribution is 2.24. The van der Waals surface area contributed by atoms with Gasteiger partial charge in [0.1, 0.15) is 0 Å². The number of nitrogens with one attached hydrogen (secondary N) is 1. The van der Waals surface area contributed by atoms with Crippen LogP contribution in [0.5, 0.6) is 0 Å². The molecule has 2 rings (SSSR count). The van der Waals surface area contributed by atoms with Crippen LogP contribution < -0.4 is 5.32 Å². The molecule has 0 unspecified atom stereocenters. The lowest BCUT2D eigenvalue weighted by molar-refractivity contribution is 0.190. The van der Waals surface area contributed by atoms with Gasteiger partial charge in [0.15, 0.2) is 15.8 Å². The topological polar surface area (TPSA) is 65.0 Å². The first-order chi connectivity index (χ1) is 11.8. The van der Waals surface area contributed by atoms with Crippen molar-refractivity contribution >= 4 is 15.8 Å². The summed E-state index contributed by atoms with van der Waals surface area (Å²) in [5, 5.41) is 3.42. The minimum Gasteiger partial charge on any atom is -0.356 e. The number of hydrogen-bond donors (Lipinski definition) is 1. The average molecular weight is 373 g/mol. The Bertz CT molecular complexity index is 553. The first-order valence-corrected chi connectivity index (χ1v) is 11.3. The standard InChI is InChI=1S/C18H36N4O2S/c1-18(2)15-22(13-14-25(18,23)24)17(19-3)20-11-8-12-21(4)16-9-6-5-7-10-16/h16H,5-15H2,1-4H3,(H,19,20). The molecule has 25 heavy (non-hydrogen) atoms. The van der Waals surface area contributed by atoms with Gasteiger partial charge < -0.3 is 15.1 Å². The molecule has 0 atom stereocenters. The van der Waals surface area contributed by atoms with E-state index in [1.165, 1.54) is 32.1 Å². The molecule has 2 fully saturated rings. The van der Waals surface area contributed by atoms with Gasteiger partial charge in [-0.3, -0.25) is 4.99 Å². The van der Waals surface area contributed by atoms with Crippen LogP contribution in [0.25, 0.3) is 0 Å². The van der Waals surface area contributed by atoms with E-state index in [4.69, 9.17) is 0 Å². The van der Waals surface area contributed by atoms with Gasteiger partial charge in [0.2, 0.25) is 0 Å². The number of nitrogens with zero attached hydrogens (tertiary/aromatic N) is 3. The number of rotatable bonds is 5. The second-order valence-corrected chi connectivity index (χ2v) is 10.8. The Morgan fingerprint density at radius 1 is 1.28 bits per heavy atom. The quantitative estimate of drug-likeness (QED) is 0.452. The summed E-state index contributed by atoms with van der Waals surface area (Å²) in [7, 11) is 0.994. The Hall–Kier alpha value is -0.820. The zero-order valence-electron chi connectivity index (χ0n) is 16.4. The van der Waals surface area contributed by atoms with Crippen LogP contribution in [-0.2, 0) is 9.84 Å². The minimum atomic E-state index is -3.02. The van der Waals surface area contributed by atoms with Gasteiger partial charge in [-0.15, -0.1) is 0 Å². The molecule has 1 saturated carbocycles. The van der Waals surface area contributed by atoms with E-state index in [0.29, 0.717) is 13.1 Å². The fraction of sp³-hybridized carbons (Fsp3) is 0.944. The molecule has 1 heterocycles. The summed E-state index contributed by atoms with van der Waals surface area (Å²) < 4.78 is 23.6. The molecule has 1 N–H and O–H groups in total. The summed E-state index contributed by atoms with van der Waals surface area (Å²) in [5.41, 5.74) is 0. The predicted octanol–water partition coefficient (Wildman–Crippen LogP) is 1.73. The number of hydrogen-bond acceptors (Lipinski definition) is 4. The van der Waals surface area contributed by atoms with Crippen molar-refractivity contribution in [3.05, 3.63) is 0 Å². The average Bonchev–Trinajstić information content (AvgIpc) is 2.58. The molecular weight excluding hydrogens is 336 g/mol. The van der Waals surface area contributed by atoms with Gasteiger partial charge in [0, 0.05) is 32.7 Å². The van der Waals surface area contributed by atoms with Crippen molar-refractivity contribution in [3.8, 4) is 0 Å². The third kappa shape index (κ3) is 5.33. The molecule has 0 bridgehead atoms. The molecular formula is C18H36N4O2S. The van der Waals surface area contributed by atoms with Crippen LogP contribution in [0, 0.1) is 0 Å². The van der Waals surface area contributed by atoms with Crippen molar-refractivity contribution in [2.75, 3.05) is 46.0 Å². The van der Waals surface area contributed by atoms with Gasteiger partial charge in [-0.05, 0) is 46.7 Å². The van der Waals surface area contributed by atoms with Crippen LogP contribution >= 0.6 is 0 Å². The summed E-state index contributed by atoms with van der Waals surface area (Å²) >= 11 is 0. The molecule has 0 aromatic carbocycles. The van der Waals surface area contributed by atoms with Crippen molar-refractivity contribution in [2.45, 2.75) is 63.2 Å². The van der Waals surface area contributed by atoms with E-state index < -0.39 is 14.6 Å². The Morgan fingerprint density at radius 3 is 2.56 bits per heavy atom. The third-order valence-corrected chi connectivity index (χ3v) is 8.26. The molecule has 146 valence electrons. The van der Waals surface area contributed by atoms with Crippen LogP contribution in [0.1, 0.15) is 52.4 Å². The van der Waals surface area contributed by atoms with Crippen molar-refractivity contribution in [1.82, 2.24) is 15.1 Å². The van der Waals surface area contributed by atoms with E-state index in [2.05, 4.69) is 27.2 Å². The maximum absolute atomic E-state index is 12.2. The van der Waals surface area contributed by atoms with Gasteiger partial charge in [0.05, 0.1) is 10.5 Å². The SMILES string of the molecule is CN=C(NCCCN(C)C1CCCCC1)N1CCS(=O)(=O)C(C)(C)C1. The van der Waals surface area contributed by atoms with Crippen molar-refractivity contribution in [3.63, 3.8) is 0 Å². The summed E-state index contributed by atoms with van der Waals surface area (Å²) in [6.07, 6.45) is 7.87. The molecule has 0 aromatic rings. The van der Waals surface area contributed by atoms with E-state index in [1.807, 2.05) is 0 Å². The highest BCUT2D eigenvalue weighted by atomic mass is 32.2. The van der Waals surface area contributed by atoms with Gasteiger partial charge in [0.25, 0.3) is 0 Å². The summed E-state index contributed by atoms with van der Waals surface area (Å²) in [4.78, 5) is 8.93. The number of guanidine groups is 1. The van der Waals surface area contributed by atoms with Crippen LogP contribution in [-0.4, -0.2) is 81.0 Å². The molecule has 1 aliphatic carbocycles. The van der Waals surface area contributed by atoms with Gasteiger partial charge in [-0.25, -0.2) is 8.42 Å². The lowest BCUT2D eigenvalue weighted by Gasteiger charge is -2.39. The highest BCUT2D eigenvalue weighted by molar-refractivity contribution is 7.92. The largest absolute Gasteiger partial charge is 0.356 e. The van der Waals surface area contributed by atoms with Gasteiger partial charge >= 0.3 is 0 Å². The van der Waals surface area contributed by atoms with Crippen LogP contribution in [0.2, 0.25) is 0 Å². The lowest BCUT2D eigenvalue weighted by atomic mass is 9.94. The van der Waals surface area contributed by atoms with Gasteiger partial charge in [-0.2, -0.15) is 0 Å². The summed E-state index contributed by atoms with van der Waals surface area (Å²) in [6.45, 7) is 6.59. The van der Waals surface area contributed by atoms with E-state index in [0.717, 1.165) is 31.5 Å². The molecule has 2 aliphatic rings. The Labute approximate surface area is 154 Å². The Morgan fingerprint density at radius 2 is 1.96 bits per heavy atom. The van der Waals surface area contributed by atoms with E-state index >= 15 is 0 Å². The second-order valence-electron chi connectivity index (χ2n) is 8.10. The predicted molar refractivity (Wildman–Crippen MR) is 105 cm³/mol. The number of sulfone groups is 1. The van der Waals surface area contributed by atoms with Crippen molar-refractivity contribution < 1.29 is 8.42 Å². The highest BCUT2D eigenvalue weighted by Gasteiger charge is 2.40. The van der Waals surface area contributed by atoms with E-state index in [-0.39, 0.29) is 5.75 Å². The maximum atomic E-state index is 12.2. The molecule has 0 amide bonds. The second kappa shape index (κ2) is 8.71. The maximum Gasteiger partial charge on any atom is 0.193 e. The van der Waals surface area contributed by atoms with Crippen molar-refractivity contribution in [2.24, 2.45) is 4.99 Å². The smallest absolute Gasteiger partial charge is 0.193 e. The van der Waals surface area contributed by atoms with Crippen LogP contribution in [0.3, 0.4) is 0 Å². The van der Waals surface area contributed by atoms with Crippen LogP contribution in [0.4, 0.5) is 0 Å². The fourth-order valence-electron chi connectivity index (χ4n) is 3.89. The summed E-state index contributed by atoms with van der Waals surface area (Å²) in [5.74, 6) is 1.02. The lowest BCUT2D eigenvalue weighted by Crippen LogP contribution is -2.57. The van der Waals surface area contributed by atoms with E-state index in [9.17, 15) is 8.42 Å². The monoisotopic (exact) mass is 372 g/mol. The first-order valence-electron chi connectivity index (χ1n) is 9.65. The Balaban J connectivity index is 1.75. The molecule has 7 heteroatoms. The zero-order chi connectivity index (χ0) is 18.5. The Kier molecular flexibility index (Phi) is 7.14. The first kappa shape index (κ1) is 20.5. The summed E-state index contributed by atoms with van der Waals surface area (Å²) in [6, 6.07) is 0.751.